The van der Waals surface area contributed by atoms with Crippen LogP contribution in [0.1, 0.15) is 44.7 Å². The van der Waals surface area contributed by atoms with Gasteiger partial charge in [-0.1, -0.05) is 19.9 Å². The predicted molar refractivity (Wildman–Crippen MR) is 75.6 cm³/mol. The van der Waals surface area contributed by atoms with Gasteiger partial charge in [-0.25, -0.2) is 0 Å². The topological polar surface area (TPSA) is 21.7 Å². The van der Waals surface area contributed by atoms with Crippen LogP contribution < -0.4 is 9.47 Å². The van der Waals surface area contributed by atoms with E-state index in [1.807, 2.05) is 0 Å². The zero-order valence-electron chi connectivity index (χ0n) is 11.9. The lowest BCUT2D eigenvalue weighted by molar-refractivity contribution is 0.173. The summed E-state index contributed by atoms with van der Waals surface area (Å²) in [5.41, 5.74) is 1.38. The van der Waals surface area contributed by atoms with Crippen molar-refractivity contribution < 1.29 is 9.47 Å². The van der Waals surface area contributed by atoms with Crippen LogP contribution in [-0.4, -0.2) is 24.8 Å². The Hall–Kier alpha value is -1.22. The molecule has 2 aliphatic heterocycles. The maximum atomic E-state index is 5.49. The van der Waals surface area contributed by atoms with Gasteiger partial charge in [-0.3, -0.25) is 4.90 Å². The Kier molecular flexibility index (Phi) is 3.65. The Morgan fingerprint density at radius 1 is 1.26 bits per heavy atom. The van der Waals surface area contributed by atoms with Gasteiger partial charge in [0.15, 0.2) is 11.5 Å². The Bertz CT molecular complexity index is 444. The Balaban J connectivity index is 1.73. The number of hydrogen-bond donors (Lipinski definition) is 0. The molecule has 1 unspecified atom stereocenters. The lowest BCUT2D eigenvalue weighted by Gasteiger charge is -2.25. The molecule has 2 aliphatic rings. The fraction of sp³-hybridized carbons (Fsp3) is 0.625. The molecule has 1 aromatic carbocycles. The monoisotopic (exact) mass is 261 g/mol. The van der Waals surface area contributed by atoms with Crippen LogP contribution in [0.5, 0.6) is 11.5 Å². The third-order valence-electron chi connectivity index (χ3n) is 4.14. The Morgan fingerprint density at radius 2 is 2.11 bits per heavy atom. The van der Waals surface area contributed by atoms with Crippen LogP contribution >= 0.6 is 0 Å². The van der Waals surface area contributed by atoms with E-state index >= 15 is 0 Å². The Labute approximate surface area is 115 Å². The molecule has 1 saturated heterocycles. The molecule has 0 bridgehead atoms. The minimum atomic E-state index is 0.362. The quantitative estimate of drug-likeness (QED) is 0.826. The van der Waals surface area contributed by atoms with Crippen LogP contribution in [0.2, 0.25) is 0 Å². The molecule has 1 aromatic rings. The van der Waals surface area contributed by atoms with Crippen molar-refractivity contribution in [1.82, 2.24) is 4.90 Å². The number of nitrogens with zero attached hydrogens (tertiary/aromatic N) is 1. The number of likely N-dealkylation sites (tertiary alicyclic amines) is 1. The summed E-state index contributed by atoms with van der Waals surface area (Å²) >= 11 is 0. The molecule has 3 nitrogen and oxygen atoms in total. The van der Waals surface area contributed by atoms with Gasteiger partial charge in [0.05, 0.1) is 0 Å². The van der Waals surface area contributed by atoms with Crippen LogP contribution in [0.25, 0.3) is 0 Å². The molecule has 104 valence electrons. The number of rotatable bonds is 4. The van der Waals surface area contributed by atoms with E-state index in [-0.39, 0.29) is 0 Å². The molecule has 1 fully saturated rings. The number of ether oxygens (including phenoxy) is 2. The van der Waals surface area contributed by atoms with Crippen molar-refractivity contribution in [3.05, 3.63) is 23.8 Å². The van der Waals surface area contributed by atoms with Gasteiger partial charge in [0.25, 0.3) is 0 Å². The Morgan fingerprint density at radius 3 is 2.95 bits per heavy atom. The summed E-state index contributed by atoms with van der Waals surface area (Å²) < 4.78 is 10.9. The molecule has 0 amide bonds. The van der Waals surface area contributed by atoms with Crippen molar-refractivity contribution in [2.45, 2.75) is 39.2 Å². The first-order valence-electron chi connectivity index (χ1n) is 7.37. The summed E-state index contributed by atoms with van der Waals surface area (Å²) in [6.45, 7) is 7.39. The molecule has 0 spiro atoms. The highest BCUT2D eigenvalue weighted by atomic mass is 16.7. The molecule has 1 atom stereocenters. The second kappa shape index (κ2) is 5.41. The zero-order valence-corrected chi connectivity index (χ0v) is 11.9. The fourth-order valence-corrected chi connectivity index (χ4v) is 3.02. The average Bonchev–Trinajstić information content (AvgIpc) is 3.04. The molecule has 0 aromatic heterocycles. The van der Waals surface area contributed by atoms with Gasteiger partial charge in [-0.15, -0.1) is 0 Å². The average molecular weight is 261 g/mol. The summed E-state index contributed by atoms with van der Waals surface area (Å²) in [6.07, 6.45) is 3.84. The minimum Gasteiger partial charge on any atom is -0.454 e. The maximum Gasteiger partial charge on any atom is 0.231 e. The second-order valence-electron chi connectivity index (χ2n) is 5.99. The van der Waals surface area contributed by atoms with Crippen LogP contribution in [0.3, 0.4) is 0 Å². The summed E-state index contributed by atoms with van der Waals surface area (Å²) in [5, 5.41) is 0. The van der Waals surface area contributed by atoms with E-state index in [0.717, 1.165) is 17.4 Å². The molecular formula is C16H23NO2. The van der Waals surface area contributed by atoms with Crippen molar-refractivity contribution in [2.24, 2.45) is 5.92 Å². The molecule has 19 heavy (non-hydrogen) atoms. The standard InChI is InChI=1S/C16H23NO2/c1-12(2)7-9-17-8-3-4-14(17)13-5-6-15-16(10-13)19-11-18-15/h5-6,10,12,14H,3-4,7-9,11H2,1-2H3. The van der Waals surface area contributed by atoms with Crippen molar-refractivity contribution in [1.29, 1.82) is 0 Å². The maximum absolute atomic E-state index is 5.49. The first-order chi connectivity index (χ1) is 9.24. The van der Waals surface area contributed by atoms with Gasteiger partial charge in [0.1, 0.15) is 0 Å². The van der Waals surface area contributed by atoms with E-state index in [0.29, 0.717) is 12.8 Å². The van der Waals surface area contributed by atoms with E-state index in [1.54, 1.807) is 0 Å². The van der Waals surface area contributed by atoms with Crippen molar-refractivity contribution >= 4 is 0 Å². The zero-order chi connectivity index (χ0) is 13.2. The van der Waals surface area contributed by atoms with Gasteiger partial charge in [-0.2, -0.15) is 0 Å². The summed E-state index contributed by atoms with van der Waals surface area (Å²) in [4.78, 5) is 2.62. The van der Waals surface area contributed by atoms with E-state index < -0.39 is 0 Å². The molecule has 0 N–H and O–H groups in total. The van der Waals surface area contributed by atoms with Gasteiger partial charge in [0.2, 0.25) is 6.79 Å². The molecule has 3 rings (SSSR count). The minimum absolute atomic E-state index is 0.362. The van der Waals surface area contributed by atoms with Crippen LogP contribution in [0.15, 0.2) is 18.2 Å². The SMILES string of the molecule is CC(C)CCN1CCCC1c1ccc2c(c1)OCO2. The first-order valence-corrected chi connectivity index (χ1v) is 7.37. The molecule has 0 saturated carbocycles. The van der Waals surface area contributed by atoms with E-state index in [1.165, 1.54) is 37.9 Å². The number of fused-ring (bicyclic) bond motifs is 1. The molecule has 0 radical (unpaired) electrons. The smallest absolute Gasteiger partial charge is 0.231 e. The lowest BCUT2D eigenvalue weighted by Crippen LogP contribution is -2.25. The van der Waals surface area contributed by atoms with Crippen molar-refractivity contribution in [2.75, 3.05) is 19.9 Å². The highest BCUT2D eigenvalue weighted by Crippen LogP contribution is 2.38. The van der Waals surface area contributed by atoms with Gasteiger partial charge in [-0.05, 0) is 56.0 Å². The second-order valence-corrected chi connectivity index (χ2v) is 5.99. The molecule has 3 heteroatoms. The lowest BCUT2D eigenvalue weighted by atomic mass is 10.0. The highest BCUT2D eigenvalue weighted by molar-refractivity contribution is 5.45. The van der Waals surface area contributed by atoms with Gasteiger partial charge >= 0.3 is 0 Å². The third kappa shape index (κ3) is 2.71. The van der Waals surface area contributed by atoms with Crippen LogP contribution in [0.4, 0.5) is 0 Å². The summed E-state index contributed by atoms with van der Waals surface area (Å²) in [6, 6.07) is 6.98. The van der Waals surface area contributed by atoms with Crippen molar-refractivity contribution in [3.63, 3.8) is 0 Å². The van der Waals surface area contributed by atoms with Gasteiger partial charge < -0.3 is 9.47 Å². The molecule has 2 heterocycles. The van der Waals surface area contributed by atoms with Crippen LogP contribution in [-0.2, 0) is 0 Å². The highest BCUT2D eigenvalue weighted by Gasteiger charge is 2.27. The fourth-order valence-electron chi connectivity index (χ4n) is 3.02. The third-order valence-corrected chi connectivity index (χ3v) is 4.14. The normalized spacial score (nSPS) is 22.4. The van der Waals surface area contributed by atoms with E-state index in [9.17, 15) is 0 Å². The summed E-state index contributed by atoms with van der Waals surface area (Å²) in [7, 11) is 0. The van der Waals surface area contributed by atoms with Crippen LogP contribution in [0, 0.1) is 5.92 Å². The number of benzene rings is 1. The number of hydrogen-bond acceptors (Lipinski definition) is 3. The van der Waals surface area contributed by atoms with Crippen molar-refractivity contribution in [3.8, 4) is 11.5 Å². The summed E-state index contributed by atoms with van der Waals surface area (Å²) in [5.74, 6) is 2.57. The molecular weight excluding hydrogens is 238 g/mol. The predicted octanol–water partition coefficient (Wildman–Crippen LogP) is 3.60. The van der Waals surface area contributed by atoms with Gasteiger partial charge in [0, 0.05) is 6.04 Å². The molecule has 0 aliphatic carbocycles. The largest absolute Gasteiger partial charge is 0.454 e. The van der Waals surface area contributed by atoms with E-state index in [4.69, 9.17) is 9.47 Å². The first kappa shape index (κ1) is 12.8. The van der Waals surface area contributed by atoms with E-state index in [2.05, 4.69) is 36.9 Å².